The molecule has 1 rings (SSSR count). The van der Waals surface area contributed by atoms with Crippen molar-refractivity contribution in [2.45, 2.75) is 38.6 Å². The molecule has 0 radical (unpaired) electrons. The van der Waals surface area contributed by atoms with Gasteiger partial charge in [0.15, 0.2) is 5.78 Å². The number of nitrogens with two attached hydrogens (primary N) is 1. The molecule has 0 saturated heterocycles. The lowest BCUT2D eigenvalue weighted by Gasteiger charge is -2.08. The van der Waals surface area contributed by atoms with E-state index in [-0.39, 0.29) is 11.8 Å². The van der Waals surface area contributed by atoms with E-state index in [1.165, 1.54) is 0 Å². The van der Waals surface area contributed by atoms with Crippen molar-refractivity contribution in [2.75, 3.05) is 0 Å². The lowest BCUT2D eigenvalue weighted by molar-refractivity contribution is -0.119. The summed E-state index contributed by atoms with van der Waals surface area (Å²) >= 11 is 1.62. The molecule has 0 bridgehead atoms. The highest BCUT2D eigenvalue weighted by Crippen LogP contribution is 2.09. The van der Waals surface area contributed by atoms with Crippen LogP contribution in [-0.2, 0) is 11.2 Å². The van der Waals surface area contributed by atoms with E-state index >= 15 is 0 Å². The highest BCUT2D eigenvalue weighted by Gasteiger charge is 2.13. The van der Waals surface area contributed by atoms with E-state index in [0.29, 0.717) is 6.42 Å². The lowest BCUT2D eigenvalue weighted by Crippen LogP contribution is -2.31. The molecule has 1 aromatic heterocycles. The number of Topliss-reactive ketones (excluding diaryl/α,β-unsaturated/α-hetero) is 1. The van der Waals surface area contributed by atoms with Crippen molar-refractivity contribution in [1.82, 2.24) is 0 Å². The van der Waals surface area contributed by atoms with E-state index in [2.05, 4.69) is 6.92 Å². The predicted octanol–water partition coefficient (Wildman–Crippen LogP) is 2.38. The number of unbranched alkanes of at least 4 members (excludes halogenated alkanes) is 1. The molecule has 0 aliphatic heterocycles. The Morgan fingerprint density at radius 2 is 2.43 bits per heavy atom. The minimum atomic E-state index is -0.269. The zero-order valence-electron chi connectivity index (χ0n) is 8.53. The fourth-order valence-corrected chi connectivity index (χ4v) is 1.98. The van der Waals surface area contributed by atoms with Crippen LogP contribution in [0.15, 0.2) is 16.8 Å². The maximum Gasteiger partial charge on any atom is 0.153 e. The monoisotopic (exact) mass is 211 g/mol. The summed E-state index contributed by atoms with van der Waals surface area (Å²) in [6.45, 7) is 2.11. The van der Waals surface area contributed by atoms with Gasteiger partial charge in [0.05, 0.1) is 6.04 Å². The van der Waals surface area contributed by atoms with Crippen molar-refractivity contribution in [3.8, 4) is 0 Å². The second-order valence-electron chi connectivity index (χ2n) is 3.52. The molecule has 0 aliphatic carbocycles. The van der Waals surface area contributed by atoms with Crippen LogP contribution in [0.1, 0.15) is 31.7 Å². The maximum absolute atomic E-state index is 11.6. The summed E-state index contributed by atoms with van der Waals surface area (Å²) in [4.78, 5) is 11.6. The third-order valence-electron chi connectivity index (χ3n) is 2.24. The molecule has 1 atom stereocenters. The second kappa shape index (κ2) is 5.94. The third kappa shape index (κ3) is 3.60. The highest BCUT2D eigenvalue weighted by molar-refractivity contribution is 7.07. The minimum Gasteiger partial charge on any atom is -0.321 e. The smallest absolute Gasteiger partial charge is 0.153 e. The Balaban J connectivity index is 2.34. The summed E-state index contributed by atoms with van der Waals surface area (Å²) in [7, 11) is 0. The molecular formula is C11H17NOS. The molecule has 14 heavy (non-hydrogen) atoms. The van der Waals surface area contributed by atoms with Gasteiger partial charge in [0, 0.05) is 6.42 Å². The molecular weight excluding hydrogens is 194 g/mol. The molecule has 0 saturated carbocycles. The molecule has 0 aromatic carbocycles. The molecule has 3 heteroatoms. The Hall–Kier alpha value is -0.670. The first kappa shape index (κ1) is 11.4. The van der Waals surface area contributed by atoms with Crippen LogP contribution in [0.4, 0.5) is 0 Å². The van der Waals surface area contributed by atoms with Crippen molar-refractivity contribution >= 4 is 17.1 Å². The number of carbonyl (C=O) groups is 1. The van der Waals surface area contributed by atoms with Gasteiger partial charge in [0.25, 0.3) is 0 Å². The molecule has 0 aliphatic rings. The van der Waals surface area contributed by atoms with Gasteiger partial charge in [-0.3, -0.25) is 4.79 Å². The van der Waals surface area contributed by atoms with Crippen LogP contribution in [0.25, 0.3) is 0 Å². The van der Waals surface area contributed by atoms with Crippen molar-refractivity contribution in [1.29, 1.82) is 0 Å². The lowest BCUT2D eigenvalue weighted by atomic mass is 10.0. The molecule has 1 heterocycles. The average molecular weight is 211 g/mol. The number of ketones is 1. The van der Waals surface area contributed by atoms with Crippen LogP contribution in [0.3, 0.4) is 0 Å². The predicted molar refractivity (Wildman–Crippen MR) is 60.5 cm³/mol. The zero-order chi connectivity index (χ0) is 10.4. The summed E-state index contributed by atoms with van der Waals surface area (Å²) in [5, 5.41) is 3.99. The first-order chi connectivity index (χ1) is 6.74. The van der Waals surface area contributed by atoms with E-state index in [4.69, 9.17) is 5.73 Å². The first-order valence-electron chi connectivity index (χ1n) is 5.03. The summed E-state index contributed by atoms with van der Waals surface area (Å²) in [5.74, 6) is 0.164. The van der Waals surface area contributed by atoms with Gasteiger partial charge in [-0.25, -0.2) is 0 Å². The van der Waals surface area contributed by atoms with Crippen molar-refractivity contribution in [3.05, 3.63) is 22.4 Å². The van der Waals surface area contributed by atoms with Gasteiger partial charge in [0.2, 0.25) is 0 Å². The van der Waals surface area contributed by atoms with E-state index in [9.17, 15) is 4.79 Å². The van der Waals surface area contributed by atoms with Crippen LogP contribution in [-0.4, -0.2) is 11.8 Å². The Bertz CT molecular complexity index is 269. The summed E-state index contributed by atoms with van der Waals surface area (Å²) < 4.78 is 0. The van der Waals surface area contributed by atoms with E-state index < -0.39 is 0 Å². The van der Waals surface area contributed by atoms with E-state index in [0.717, 1.165) is 24.8 Å². The van der Waals surface area contributed by atoms with Crippen LogP contribution in [0, 0.1) is 0 Å². The van der Waals surface area contributed by atoms with Gasteiger partial charge in [-0.05, 0) is 28.8 Å². The number of hydrogen-bond donors (Lipinski definition) is 1. The SMILES string of the molecule is CCCCC(N)C(=O)Cc1ccsc1. The molecule has 1 aromatic rings. The number of rotatable bonds is 6. The largest absolute Gasteiger partial charge is 0.321 e. The van der Waals surface area contributed by atoms with Gasteiger partial charge in [-0.15, -0.1) is 0 Å². The van der Waals surface area contributed by atoms with Crippen molar-refractivity contribution in [3.63, 3.8) is 0 Å². The zero-order valence-corrected chi connectivity index (χ0v) is 9.35. The van der Waals surface area contributed by atoms with Crippen LogP contribution in [0.5, 0.6) is 0 Å². The normalized spacial score (nSPS) is 12.7. The Morgan fingerprint density at radius 3 is 3.00 bits per heavy atom. The summed E-state index contributed by atoms with van der Waals surface area (Å²) in [6.07, 6.45) is 3.45. The average Bonchev–Trinajstić information content (AvgIpc) is 2.66. The van der Waals surface area contributed by atoms with Gasteiger partial charge < -0.3 is 5.73 Å². The van der Waals surface area contributed by atoms with Crippen LogP contribution in [0.2, 0.25) is 0 Å². The Kier molecular flexibility index (Phi) is 4.84. The third-order valence-corrected chi connectivity index (χ3v) is 2.97. The topological polar surface area (TPSA) is 43.1 Å². The van der Waals surface area contributed by atoms with Gasteiger partial charge in [0.1, 0.15) is 0 Å². The number of thiophene rings is 1. The number of carbonyl (C=O) groups excluding carboxylic acids is 1. The summed E-state index contributed by atoms with van der Waals surface area (Å²) in [5.41, 5.74) is 6.86. The molecule has 0 spiro atoms. The molecule has 2 nitrogen and oxygen atoms in total. The Morgan fingerprint density at radius 1 is 1.64 bits per heavy atom. The first-order valence-corrected chi connectivity index (χ1v) is 5.97. The molecule has 78 valence electrons. The standard InChI is InChI=1S/C11H17NOS/c1-2-3-4-10(12)11(13)7-9-5-6-14-8-9/h5-6,8,10H,2-4,7,12H2,1H3. The minimum absolute atomic E-state index is 0.164. The highest BCUT2D eigenvalue weighted by atomic mass is 32.1. The molecule has 2 N–H and O–H groups in total. The van der Waals surface area contributed by atoms with Crippen molar-refractivity contribution in [2.24, 2.45) is 5.73 Å². The molecule has 0 amide bonds. The van der Waals surface area contributed by atoms with Crippen molar-refractivity contribution < 1.29 is 4.79 Å². The molecule has 0 fully saturated rings. The van der Waals surface area contributed by atoms with Gasteiger partial charge in [-0.2, -0.15) is 11.3 Å². The second-order valence-corrected chi connectivity index (χ2v) is 4.30. The summed E-state index contributed by atoms with van der Waals surface area (Å²) in [6, 6.07) is 1.71. The van der Waals surface area contributed by atoms with Gasteiger partial charge >= 0.3 is 0 Å². The quantitative estimate of drug-likeness (QED) is 0.785. The fraction of sp³-hybridized carbons (Fsp3) is 0.545. The number of hydrogen-bond acceptors (Lipinski definition) is 3. The Labute approximate surface area is 89.1 Å². The van der Waals surface area contributed by atoms with E-state index in [1.54, 1.807) is 11.3 Å². The fourth-order valence-electron chi connectivity index (χ4n) is 1.31. The van der Waals surface area contributed by atoms with Gasteiger partial charge in [-0.1, -0.05) is 19.8 Å². The van der Waals surface area contributed by atoms with Crippen LogP contribution >= 0.6 is 11.3 Å². The van der Waals surface area contributed by atoms with Crippen LogP contribution < -0.4 is 5.73 Å². The maximum atomic E-state index is 11.6. The molecule has 1 unspecified atom stereocenters. The van der Waals surface area contributed by atoms with E-state index in [1.807, 2.05) is 16.8 Å².